The van der Waals surface area contributed by atoms with Gasteiger partial charge in [0, 0.05) is 10.6 Å². The Hall–Kier alpha value is -1.07. The maximum Gasteiger partial charge on any atom is 0.230 e. The third kappa shape index (κ3) is 2.84. The molecule has 0 aromatic heterocycles. The maximum atomic E-state index is 13.5. The van der Waals surface area contributed by atoms with Crippen molar-refractivity contribution < 1.29 is 14.3 Å². The zero-order valence-corrected chi connectivity index (χ0v) is 11.0. The van der Waals surface area contributed by atoms with E-state index in [2.05, 4.69) is 5.32 Å². The second-order valence-electron chi connectivity index (χ2n) is 4.44. The van der Waals surface area contributed by atoms with Crippen molar-refractivity contribution in [2.75, 3.05) is 11.6 Å². The molecule has 1 aliphatic rings. The highest BCUT2D eigenvalue weighted by Crippen LogP contribution is 2.27. The molecule has 0 saturated heterocycles. The first-order valence-corrected chi connectivity index (χ1v) is 7.16. The van der Waals surface area contributed by atoms with Gasteiger partial charge in [0.05, 0.1) is 12.0 Å². The van der Waals surface area contributed by atoms with Crippen LogP contribution >= 0.6 is 11.8 Å². The van der Waals surface area contributed by atoms with Crippen molar-refractivity contribution in [3.8, 4) is 0 Å². The van der Waals surface area contributed by atoms with Gasteiger partial charge < -0.3 is 10.4 Å². The van der Waals surface area contributed by atoms with E-state index in [0.717, 1.165) is 6.42 Å². The Labute approximate surface area is 110 Å². The van der Waals surface area contributed by atoms with E-state index in [4.69, 9.17) is 0 Å². The standard InChI is InChI=1S/C13H16FNO2S/c1-18-12-6-5-8(7-10(12)14)15-13(17)9-3-2-4-11(9)16/h5-7,9,11,16H,2-4H2,1H3,(H,15,17). The van der Waals surface area contributed by atoms with Gasteiger partial charge in [0.25, 0.3) is 0 Å². The predicted molar refractivity (Wildman–Crippen MR) is 70.2 cm³/mol. The number of carbonyl (C=O) groups is 1. The van der Waals surface area contributed by atoms with Crippen LogP contribution in [0.25, 0.3) is 0 Å². The highest BCUT2D eigenvalue weighted by atomic mass is 32.2. The van der Waals surface area contributed by atoms with Gasteiger partial charge in [0.2, 0.25) is 5.91 Å². The number of aliphatic hydroxyl groups excluding tert-OH is 1. The summed E-state index contributed by atoms with van der Waals surface area (Å²) in [4.78, 5) is 12.4. The molecule has 3 nitrogen and oxygen atoms in total. The Balaban J connectivity index is 2.05. The molecule has 2 rings (SSSR count). The van der Waals surface area contributed by atoms with Crippen molar-refractivity contribution in [2.45, 2.75) is 30.3 Å². The van der Waals surface area contributed by atoms with Crippen LogP contribution in [0.3, 0.4) is 0 Å². The van der Waals surface area contributed by atoms with Gasteiger partial charge in [0.15, 0.2) is 0 Å². The van der Waals surface area contributed by atoms with Crippen molar-refractivity contribution in [1.82, 2.24) is 0 Å². The van der Waals surface area contributed by atoms with Crippen LogP contribution in [0.5, 0.6) is 0 Å². The molecule has 0 bridgehead atoms. The molecule has 0 radical (unpaired) electrons. The highest BCUT2D eigenvalue weighted by Gasteiger charge is 2.31. The molecule has 5 heteroatoms. The van der Waals surface area contributed by atoms with E-state index in [9.17, 15) is 14.3 Å². The van der Waals surface area contributed by atoms with Crippen molar-refractivity contribution in [3.05, 3.63) is 24.0 Å². The fourth-order valence-electron chi connectivity index (χ4n) is 2.23. The van der Waals surface area contributed by atoms with E-state index < -0.39 is 6.10 Å². The summed E-state index contributed by atoms with van der Waals surface area (Å²) in [5.74, 6) is -0.933. The highest BCUT2D eigenvalue weighted by molar-refractivity contribution is 7.98. The van der Waals surface area contributed by atoms with Crippen molar-refractivity contribution in [1.29, 1.82) is 0 Å². The largest absolute Gasteiger partial charge is 0.392 e. The normalized spacial score (nSPS) is 23.1. The van der Waals surface area contributed by atoms with Crippen LogP contribution in [0.1, 0.15) is 19.3 Å². The smallest absolute Gasteiger partial charge is 0.230 e. The third-order valence-electron chi connectivity index (χ3n) is 3.24. The summed E-state index contributed by atoms with van der Waals surface area (Å²) in [5, 5.41) is 12.3. The van der Waals surface area contributed by atoms with E-state index in [1.54, 1.807) is 18.4 Å². The number of carbonyl (C=O) groups excluding carboxylic acids is 1. The first kappa shape index (κ1) is 13.4. The average Bonchev–Trinajstić information content (AvgIpc) is 2.76. The molecule has 2 unspecified atom stereocenters. The third-order valence-corrected chi connectivity index (χ3v) is 4.01. The fourth-order valence-corrected chi connectivity index (χ4v) is 2.68. The molecule has 1 saturated carbocycles. The molecule has 2 atom stereocenters. The number of amides is 1. The van der Waals surface area contributed by atoms with Crippen LogP contribution in [0.15, 0.2) is 23.1 Å². The van der Waals surface area contributed by atoms with Crippen molar-refractivity contribution in [2.24, 2.45) is 5.92 Å². The molecule has 98 valence electrons. The average molecular weight is 269 g/mol. The molecule has 0 heterocycles. The summed E-state index contributed by atoms with van der Waals surface area (Å²) in [6, 6.07) is 4.62. The number of hydrogen-bond acceptors (Lipinski definition) is 3. The van der Waals surface area contributed by atoms with Crippen LogP contribution in [0.4, 0.5) is 10.1 Å². The zero-order valence-electron chi connectivity index (χ0n) is 10.1. The van der Waals surface area contributed by atoms with E-state index in [1.807, 2.05) is 0 Å². The second kappa shape index (κ2) is 5.71. The molecule has 0 aliphatic heterocycles. The Bertz CT molecular complexity index is 453. The van der Waals surface area contributed by atoms with Crippen molar-refractivity contribution >= 4 is 23.4 Å². The number of thioether (sulfide) groups is 1. The number of anilines is 1. The SMILES string of the molecule is CSc1ccc(NC(=O)C2CCCC2O)cc1F. The summed E-state index contributed by atoms with van der Waals surface area (Å²) in [6.07, 6.45) is 3.45. The lowest BCUT2D eigenvalue weighted by Gasteiger charge is -2.14. The molecule has 2 N–H and O–H groups in total. The van der Waals surface area contributed by atoms with Gasteiger partial charge in [-0.15, -0.1) is 11.8 Å². The zero-order chi connectivity index (χ0) is 13.1. The van der Waals surface area contributed by atoms with Gasteiger partial charge >= 0.3 is 0 Å². The first-order chi connectivity index (χ1) is 8.61. The van der Waals surface area contributed by atoms with Gasteiger partial charge in [-0.25, -0.2) is 4.39 Å². The van der Waals surface area contributed by atoms with Crippen LogP contribution < -0.4 is 5.32 Å². The number of aliphatic hydroxyl groups is 1. The lowest BCUT2D eigenvalue weighted by Crippen LogP contribution is -2.28. The van der Waals surface area contributed by atoms with E-state index in [-0.39, 0.29) is 17.6 Å². The molecule has 1 aliphatic carbocycles. The topological polar surface area (TPSA) is 49.3 Å². The number of rotatable bonds is 3. The van der Waals surface area contributed by atoms with E-state index in [1.165, 1.54) is 17.8 Å². The summed E-state index contributed by atoms with van der Waals surface area (Å²) in [7, 11) is 0. The summed E-state index contributed by atoms with van der Waals surface area (Å²) >= 11 is 1.32. The molecule has 1 aromatic carbocycles. The summed E-state index contributed by atoms with van der Waals surface area (Å²) < 4.78 is 13.5. The van der Waals surface area contributed by atoms with Crippen molar-refractivity contribution in [3.63, 3.8) is 0 Å². The predicted octanol–water partition coefficient (Wildman–Crippen LogP) is 2.65. The number of benzene rings is 1. The Morgan fingerprint density at radius 2 is 2.28 bits per heavy atom. The lowest BCUT2D eigenvalue weighted by atomic mass is 10.1. The molecule has 18 heavy (non-hydrogen) atoms. The van der Waals surface area contributed by atoms with Gasteiger partial charge in [-0.2, -0.15) is 0 Å². The monoisotopic (exact) mass is 269 g/mol. The maximum absolute atomic E-state index is 13.5. The minimum atomic E-state index is -0.569. The minimum Gasteiger partial charge on any atom is -0.392 e. The van der Waals surface area contributed by atoms with Crippen LogP contribution in [-0.4, -0.2) is 23.4 Å². The van der Waals surface area contributed by atoms with E-state index >= 15 is 0 Å². The molecular formula is C13H16FNO2S. The Morgan fingerprint density at radius 3 is 2.83 bits per heavy atom. The number of nitrogens with one attached hydrogen (secondary N) is 1. The van der Waals surface area contributed by atoms with Gasteiger partial charge in [-0.3, -0.25) is 4.79 Å². The molecule has 1 aromatic rings. The fraction of sp³-hybridized carbons (Fsp3) is 0.462. The molecule has 1 amide bonds. The molecule has 1 fully saturated rings. The van der Waals surface area contributed by atoms with E-state index in [0.29, 0.717) is 23.4 Å². The van der Waals surface area contributed by atoms with Gasteiger partial charge in [-0.1, -0.05) is 0 Å². The van der Waals surface area contributed by atoms with Gasteiger partial charge in [0.1, 0.15) is 5.82 Å². The number of halogens is 1. The second-order valence-corrected chi connectivity index (χ2v) is 5.29. The quantitative estimate of drug-likeness (QED) is 0.829. The summed E-state index contributed by atoms with van der Waals surface area (Å²) in [5.41, 5.74) is 0.439. The minimum absolute atomic E-state index is 0.226. The Kier molecular flexibility index (Phi) is 4.24. The Morgan fingerprint density at radius 1 is 1.50 bits per heavy atom. The van der Waals surface area contributed by atoms with Gasteiger partial charge in [-0.05, 0) is 43.7 Å². The summed E-state index contributed by atoms with van der Waals surface area (Å²) in [6.45, 7) is 0. The lowest BCUT2D eigenvalue weighted by molar-refractivity contribution is -0.122. The van der Waals surface area contributed by atoms with Crippen LogP contribution in [0.2, 0.25) is 0 Å². The molecular weight excluding hydrogens is 253 g/mol. The van der Waals surface area contributed by atoms with Crippen LogP contribution in [-0.2, 0) is 4.79 Å². The molecule has 0 spiro atoms. The first-order valence-electron chi connectivity index (χ1n) is 5.94. The van der Waals surface area contributed by atoms with Crippen LogP contribution in [0, 0.1) is 11.7 Å². The number of hydrogen-bond donors (Lipinski definition) is 2.